The Balaban J connectivity index is 1.88. The lowest BCUT2D eigenvalue weighted by Crippen LogP contribution is -2.53. The molecule has 1 aliphatic heterocycles. The lowest BCUT2D eigenvalue weighted by Gasteiger charge is -2.35. The van der Waals surface area contributed by atoms with E-state index in [-0.39, 0.29) is 23.9 Å². The van der Waals surface area contributed by atoms with Crippen LogP contribution in [0.25, 0.3) is 0 Å². The van der Waals surface area contributed by atoms with Crippen LogP contribution in [0.5, 0.6) is 0 Å². The average molecular weight is 212 g/mol. The Morgan fingerprint density at radius 3 is 2.60 bits per heavy atom. The summed E-state index contributed by atoms with van der Waals surface area (Å²) in [7, 11) is 1.78. The number of nitrogens with one attached hydrogen (secondary N) is 1. The monoisotopic (exact) mass is 212 g/mol. The highest BCUT2D eigenvalue weighted by Gasteiger charge is 2.40. The van der Waals surface area contributed by atoms with Crippen LogP contribution in [0.4, 0.5) is 0 Å². The number of carbonyl (C=O) groups excluding carboxylic acids is 1. The van der Waals surface area contributed by atoms with Crippen molar-refractivity contribution in [1.29, 1.82) is 0 Å². The molecule has 0 spiro atoms. The number of amides is 1. The second-order valence-electron chi connectivity index (χ2n) is 4.40. The molecule has 1 heterocycles. The molecule has 0 aromatic heterocycles. The number of carboxylic acid groups (broad SMARTS) is 1. The normalized spacial score (nSPS) is 35.4. The van der Waals surface area contributed by atoms with Crippen LogP contribution in [0.1, 0.15) is 19.3 Å². The number of rotatable bonds is 3. The SMILES string of the molecule is CN1CCC(NC2CCC2C(=O)O)C1=O. The Hall–Kier alpha value is -1.10. The van der Waals surface area contributed by atoms with E-state index in [9.17, 15) is 9.59 Å². The van der Waals surface area contributed by atoms with E-state index in [0.29, 0.717) is 0 Å². The maximum absolute atomic E-state index is 11.6. The molecule has 0 radical (unpaired) electrons. The Morgan fingerprint density at radius 2 is 2.20 bits per heavy atom. The van der Waals surface area contributed by atoms with Crippen molar-refractivity contribution in [3.05, 3.63) is 0 Å². The fourth-order valence-corrected chi connectivity index (χ4v) is 2.23. The lowest BCUT2D eigenvalue weighted by atomic mass is 9.79. The first-order valence-corrected chi connectivity index (χ1v) is 5.33. The molecule has 1 saturated heterocycles. The Bertz CT molecular complexity index is 292. The molecule has 0 aromatic carbocycles. The molecule has 0 aromatic rings. The topological polar surface area (TPSA) is 69.6 Å². The number of likely N-dealkylation sites (tertiary alicyclic amines) is 1. The van der Waals surface area contributed by atoms with Gasteiger partial charge in [0.05, 0.1) is 12.0 Å². The van der Waals surface area contributed by atoms with Crippen molar-refractivity contribution in [2.75, 3.05) is 13.6 Å². The maximum Gasteiger partial charge on any atom is 0.308 e. The van der Waals surface area contributed by atoms with Crippen LogP contribution < -0.4 is 5.32 Å². The molecule has 5 heteroatoms. The zero-order chi connectivity index (χ0) is 11.0. The van der Waals surface area contributed by atoms with Gasteiger partial charge in [-0.25, -0.2) is 0 Å². The van der Waals surface area contributed by atoms with Crippen molar-refractivity contribution in [3.63, 3.8) is 0 Å². The molecule has 0 bridgehead atoms. The summed E-state index contributed by atoms with van der Waals surface area (Å²) in [5.74, 6) is -0.965. The van der Waals surface area contributed by atoms with E-state index < -0.39 is 5.97 Å². The molecule has 2 fully saturated rings. The van der Waals surface area contributed by atoms with Crippen molar-refractivity contribution >= 4 is 11.9 Å². The third kappa shape index (κ3) is 1.84. The zero-order valence-corrected chi connectivity index (χ0v) is 8.77. The van der Waals surface area contributed by atoms with Gasteiger partial charge in [0.2, 0.25) is 5.91 Å². The maximum atomic E-state index is 11.6. The van der Waals surface area contributed by atoms with Crippen LogP contribution >= 0.6 is 0 Å². The van der Waals surface area contributed by atoms with Gasteiger partial charge in [-0.1, -0.05) is 0 Å². The predicted molar refractivity (Wildman–Crippen MR) is 53.3 cm³/mol. The predicted octanol–water partition coefficient (Wildman–Crippen LogP) is -0.330. The minimum atomic E-state index is -0.752. The molecule has 2 aliphatic rings. The first-order valence-electron chi connectivity index (χ1n) is 5.33. The van der Waals surface area contributed by atoms with Crippen molar-refractivity contribution in [3.8, 4) is 0 Å². The highest BCUT2D eigenvalue weighted by molar-refractivity contribution is 5.83. The molecule has 2 N–H and O–H groups in total. The summed E-state index contributed by atoms with van der Waals surface area (Å²) in [5.41, 5.74) is 0. The van der Waals surface area contributed by atoms with Crippen LogP contribution in [0.15, 0.2) is 0 Å². The molecule has 1 saturated carbocycles. The molecule has 5 nitrogen and oxygen atoms in total. The van der Waals surface area contributed by atoms with Gasteiger partial charge in [-0.3, -0.25) is 9.59 Å². The summed E-state index contributed by atoms with van der Waals surface area (Å²) in [5, 5.41) is 12.0. The number of hydrogen-bond donors (Lipinski definition) is 2. The van der Waals surface area contributed by atoms with Gasteiger partial charge in [-0.05, 0) is 19.3 Å². The Labute approximate surface area is 88.4 Å². The van der Waals surface area contributed by atoms with Crippen LogP contribution in [0.3, 0.4) is 0 Å². The van der Waals surface area contributed by atoms with Gasteiger partial charge in [0.25, 0.3) is 0 Å². The Kier molecular flexibility index (Phi) is 2.65. The first-order chi connectivity index (χ1) is 7.09. The minimum absolute atomic E-state index is 0.0112. The van der Waals surface area contributed by atoms with Gasteiger partial charge in [-0.2, -0.15) is 0 Å². The van der Waals surface area contributed by atoms with E-state index in [0.717, 1.165) is 25.8 Å². The van der Waals surface area contributed by atoms with Crippen LogP contribution in [0, 0.1) is 5.92 Å². The molecular weight excluding hydrogens is 196 g/mol. The van der Waals surface area contributed by atoms with Crippen LogP contribution in [-0.4, -0.2) is 47.6 Å². The summed E-state index contributed by atoms with van der Waals surface area (Å²) in [6.45, 7) is 0.765. The van der Waals surface area contributed by atoms with Gasteiger partial charge in [-0.15, -0.1) is 0 Å². The van der Waals surface area contributed by atoms with Gasteiger partial charge >= 0.3 is 5.97 Å². The van der Waals surface area contributed by atoms with E-state index in [1.807, 2.05) is 0 Å². The van der Waals surface area contributed by atoms with Gasteiger partial charge in [0, 0.05) is 19.6 Å². The molecular formula is C10H16N2O3. The highest BCUT2D eigenvalue weighted by Crippen LogP contribution is 2.28. The number of likely N-dealkylation sites (N-methyl/N-ethyl adjacent to an activating group) is 1. The van der Waals surface area contributed by atoms with Crippen molar-refractivity contribution in [1.82, 2.24) is 10.2 Å². The molecule has 3 atom stereocenters. The summed E-state index contributed by atoms with van der Waals surface area (Å²) in [6.07, 6.45) is 2.38. The van der Waals surface area contributed by atoms with Gasteiger partial charge in [0.1, 0.15) is 0 Å². The second kappa shape index (κ2) is 3.81. The third-order valence-electron chi connectivity index (χ3n) is 3.43. The van der Waals surface area contributed by atoms with Crippen LogP contribution in [-0.2, 0) is 9.59 Å². The number of carboxylic acids is 1. The summed E-state index contributed by atoms with van der Waals surface area (Å²) in [4.78, 5) is 24.0. The molecule has 2 rings (SSSR count). The van der Waals surface area contributed by atoms with Crippen LogP contribution in [0.2, 0.25) is 0 Å². The molecule has 84 valence electrons. The van der Waals surface area contributed by atoms with E-state index in [4.69, 9.17) is 5.11 Å². The van der Waals surface area contributed by atoms with Crippen molar-refractivity contribution in [2.45, 2.75) is 31.3 Å². The van der Waals surface area contributed by atoms with E-state index in [1.165, 1.54) is 0 Å². The number of carbonyl (C=O) groups is 2. The smallest absolute Gasteiger partial charge is 0.308 e. The Morgan fingerprint density at radius 1 is 1.47 bits per heavy atom. The highest BCUT2D eigenvalue weighted by atomic mass is 16.4. The second-order valence-corrected chi connectivity index (χ2v) is 4.40. The minimum Gasteiger partial charge on any atom is -0.481 e. The fourth-order valence-electron chi connectivity index (χ4n) is 2.23. The number of nitrogens with zero attached hydrogens (tertiary/aromatic N) is 1. The number of hydrogen-bond acceptors (Lipinski definition) is 3. The quantitative estimate of drug-likeness (QED) is 0.672. The molecule has 1 amide bonds. The fraction of sp³-hybridized carbons (Fsp3) is 0.800. The molecule has 1 aliphatic carbocycles. The van der Waals surface area contributed by atoms with Crippen molar-refractivity contribution < 1.29 is 14.7 Å². The van der Waals surface area contributed by atoms with E-state index >= 15 is 0 Å². The largest absolute Gasteiger partial charge is 0.481 e. The summed E-state index contributed by atoms with van der Waals surface area (Å²) < 4.78 is 0. The van der Waals surface area contributed by atoms with Crippen molar-refractivity contribution in [2.24, 2.45) is 5.92 Å². The van der Waals surface area contributed by atoms with Gasteiger partial charge in [0.15, 0.2) is 0 Å². The third-order valence-corrected chi connectivity index (χ3v) is 3.43. The summed E-state index contributed by atoms with van der Waals surface area (Å²) >= 11 is 0. The standard InChI is InChI=1S/C10H16N2O3/c1-12-5-4-8(9(12)13)11-7-3-2-6(7)10(14)15/h6-8,11H,2-5H2,1H3,(H,14,15). The summed E-state index contributed by atoms with van der Waals surface area (Å²) in [6, 6.07) is -0.176. The molecule has 3 unspecified atom stereocenters. The van der Waals surface area contributed by atoms with E-state index in [1.54, 1.807) is 11.9 Å². The molecule has 15 heavy (non-hydrogen) atoms. The van der Waals surface area contributed by atoms with Gasteiger partial charge < -0.3 is 15.3 Å². The number of aliphatic carboxylic acids is 1. The zero-order valence-electron chi connectivity index (χ0n) is 8.77. The lowest BCUT2D eigenvalue weighted by molar-refractivity contribution is -0.146. The average Bonchev–Trinajstić information content (AvgIpc) is 2.42. The van der Waals surface area contributed by atoms with E-state index in [2.05, 4.69) is 5.32 Å². The first kappa shape index (κ1) is 10.4.